The number of rotatable bonds is 5. The van der Waals surface area contributed by atoms with E-state index in [4.69, 9.17) is 9.47 Å². The Morgan fingerprint density at radius 1 is 1.17 bits per heavy atom. The van der Waals surface area contributed by atoms with E-state index in [-0.39, 0.29) is 11.3 Å². The predicted octanol–water partition coefficient (Wildman–Crippen LogP) is 3.39. The highest BCUT2D eigenvalue weighted by atomic mass is 19.1. The number of benzene rings is 2. The molecule has 0 saturated heterocycles. The number of hydrogen-bond donors (Lipinski definition) is 1. The minimum atomic E-state index is -0.704. The molecule has 122 valence electrons. The average Bonchev–Trinajstić information content (AvgIpc) is 2.61. The molecule has 1 amide bonds. The fraction of sp³-hybridized carbons (Fsp3) is 0.111. The predicted molar refractivity (Wildman–Crippen MR) is 88.2 cm³/mol. The zero-order valence-corrected chi connectivity index (χ0v) is 13.2. The smallest absolute Gasteiger partial charge is 0.266 e. The molecule has 0 heterocycles. The molecule has 0 fully saturated rings. The standard InChI is InChI=1S/C18H15FN2O3/c1-23-14-8-12(9-15(10-14)24-2)7-13(11-20)18(22)21-17-6-4-3-5-16(17)19/h3-10H,1-2H3,(H,21,22)/b13-7+. The van der Waals surface area contributed by atoms with Gasteiger partial charge in [0.2, 0.25) is 0 Å². The monoisotopic (exact) mass is 326 g/mol. The maximum absolute atomic E-state index is 13.6. The lowest BCUT2D eigenvalue weighted by Gasteiger charge is -2.07. The van der Waals surface area contributed by atoms with Crippen molar-refractivity contribution in [2.24, 2.45) is 0 Å². The van der Waals surface area contributed by atoms with Gasteiger partial charge in [0.05, 0.1) is 19.9 Å². The van der Waals surface area contributed by atoms with E-state index in [1.807, 2.05) is 6.07 Å². The summed E-state index contributed by atoms with van der Waals surface area (Å²) in [4.78, 5) is 12.2. The van der Waals surface area contributed by atoms with E-state index in [1.54, 1.807) is 24.3 Å². The van der Waals surface area contributed by atoms with E-state index in [0.29, 0.717) is 17.1 Å². The number of hydrogen-bond acceptors (Lipinski definition) is 4. The Labute approximate surface area is 138 Å². The van der Waals surface area contributed by atoms with Crippen LogP contribution >= 0.6 is 0 Å². The van der Waals surface area contributed by atoms with Crippen LogP contribution in [0.2, 0.25) is 0 Å². The van der Waals surface area contributed by atoms with Gasteiger partial charge in [-0.1, -0.05) is 12.1 Å². The van der Waals surface area contributed by atoms with Crippen LogP contribution in [0.5, 0.6) is 11.5 Å². The first-order valence-corrected chi connectivity index (χ1v) is 6.98. The second-order valence-electron chi connectivity index (χ2n) is 4.75. The third-order valence-electron chi connectivity index (χ3n) is 3.17. The van der Waals surface area contributed by atoms with Crippen molar-refractivity contribution in [1.29, 1.82) is 5.26 Å². The number of halogens is 1. The van der Waals surface area contributed by atoms with Gasteiger partial charge < -0.3 is 14.8 Å². The Balaban J connectivity index is 2.31. The van der Waals surface area contributed by atoms with Gasteiger partial charge in [-0.25, -0.2) is 4.39 Å². The molecule has 1 N–H and O–H groups in total. The van der Waals surface area contributed by atoms with E-state index in [1.165, 1.54) is 38.5 Å². The Kier molecular flexibility index (Phi) is 5.53. The number of ether oxygens (including phenoxy) is 2. The van der Waals surface area contributed by atoms with E-state index in [9.17, 15) is 14.4 Å². The maximum atomic E-state index is 13.6. The molecule has 0 aliphatic carbocycles. The molecule has 2 aromatic rings. The number of amides is 1. The van der Waals surface area contributed by atoms with E-state index >= 15 is 0 Å². The molecule has 0 aliphatic heterocycles. The van der Waals surface area contributed by atoms with Gasteiger partial charge in [0, 0.05) is 6.07 Å². The number of carbonyl (C=O) groups is 1. The highest BCUT2D eigenvalue weighted by Gasteiger charge is 2.12. The molecule has 0 bridgehead atoms. The Hall–Kier alpha value is -3.33. The topological polar surface area (TPSA) is 71.3 Å². The summed E-state index contributed by atoms with van der Waals surface area (Å²) in [5.41, 5.74) is 0.381. The lowest BCUT2D eigenvalue weighted by molar-refractivity contribution is -0.112. The van der Waals surface area contributed by atoms with Gasteiger partial charge in [0.1, 0.15) is 29.0 Å². The van der Waals surface area contributed by atoms with Crippen molar-refractivity contribution >= 4 is 17.7 Å². The van der Waals surface area contributed by atoms with Gasteiger partial charge in [-0.3, -0.25) is 4.79 Å². The minimum absolute atomic E-state index is 0.00636. The number of nitriles is 1. The van der Waals surface area contributed by atoms with Gasteiger partial charge in [0.15, 0.2) is 0 Å². The summed E-state index contributed by atoms with van der Waals surface area (Å²) in [7, 11) is 3.00. The van der Waals surface area contributed by atoms with Crippen molar-refractivity contribution in [2.75, 3.05) is 19.5 Å². The second-order valence-corrected chi connectivity index (χ2v) is 4.75. The number of anilines is 1. The van der Waals surface area contributed by atoms with Crippen LogP contribution in [0, 0.1) is 17.1 Å². The summed E-state index contributed by atoms with van der Waals surface area (Å²) in [5.74, 6) is -0.240. The molecule has 2 aromatic carbocycles. The molecular weight excluding hydrogens is 311 g/mol. The molecule has 0 unspecified atom stereocenters. The third-order valence-corrected chi connectivity index (χ3v) is 3.17. The lowest BCUT2D eigenvalue weighted by atomic mass is 10.1. The molecular formula is C18H15FN2O3. The number of methoxy groups -OCH3 is 2. The first-order valence-electron chi connectivity index (χ1n) is 6.98. The molecule has 0 aromatic heterocycles. The molecule has 5 nitrogen and oxygen atoms in total. The number of nitrogens with one attached hydrogen (secondary N) is 1. The number of nitrogens with zero attached hydrogens (tertiary/aromatic N) is 1. The highest BCUT2D eigenvalue weighted by Crippen LogP contribution is 2.24. The minimum Gasteiger partial charge on any atom is -0.497 e. The average molecular weight is 326 g/mol. The second kappa shape index (κ2) is 7.79. The van der Waals surface area contributed by atoms with Crippen LogP contribution in [0.3, 0.4) is 0 Å². The molecule has 0 atom stereocenters. The summed E-state index contributed by atoms with van der Waals surface area (Å²) >= 11 is 0. The van der Waals surface area contributed by atoms with Crippen LogP contribution in [0.15, 0.2) is 48.0 Å². The van der Waals surface area contributed by atoms with Gasteiger partial charge in [-0.2, -0.15) is 5.26 Å². The van der Waals surface area contributed by atoms with Crippen LogP contribution in [0.1, 0.15) is 5.56 Å². The Morgan fingerprint density at radius 3 is 2.33 bits per heavy atom. The maximum Gasteiger partial charge on any atom is 0.266 e. The zero-order chi connectivity index (χ0) is 17.5. The SMILES string of the molecule is COc1cc(/C=C(\C#N)C(=O)Nc2ccccc2F)cc(OC)c1. The summed E-state index contributed by atoms with van der Waals surface area (Å²) in [6.45, 7) is 0. The van der Waals surface area contributed by atoms with Crippen molar-refractivity contribution < 1.29 is 18.7 Å². The zero-order valence-electron chi connectivity index (χ0n) is 13.2. The van der Waals surface area contributed by atoms with Crippen LogP contribution in [0.25, 0.3) is 6.08 Å². The fourth-order valence-electron chi connectivity index (χ4n) is 1.98. The molecule has 0 spiro atoms. The summed E-state index contributed by atoms with van der Waals surface area (Å²) in [6, 6.07) is 12.5. The Bertz CT molecular complexity index is 803. The van der Waals surface area contributed by atoms with Crippen molar-refractivity contribution in [1.82, 2.24) is 0 Å². The first kappa shape index (κ1) is 17.0. The van der Waals surface area contributed by atoms with Crippen molar-refractivity contribution in [3.8, 4) is 17.6 Å². The van der Waals surface area contributed by atoms with Crippen molar-refractivity contribution in [3.63, 3.8) is 0 Å². The highest BCUT2D eigenvalue weighted by molar-refractivity contribution is 6.09. The molecule has 24 heavy (non-hydrogen) atoms. The van der Waals surface area contributed by atoms with Crippen molar-refractivity contribution in [2.45, 2.75) is 0 Å². The van der Waals surface area contributed by atoms with E-state index in [2.05, 4.69) is 5.32 Å². The van der Waals surface area contributed by atoms with Gasteiger partial charge >= 0.3 is 0 Å². The molecule has 2 rings (SSSR count). The fourth-order valence-corrected chi connectivity index (χ4v) is 1.98. The summed E-state index contributed by atoms with van der Waals surface area (Å²) in [5, 5.41) is 11.6. The summed E-state index contributed by atoms with van der Waals surface area (Å²) in [6.07, 6.45) is 1.38. The molecule has 0 aliphatic rings. The Morgan fingerprint density at radius 2 is 1.79 bits per heavy atom. The number of para-hydroxylation sites is 1. The van der Waals surface area contributed by atoms with Crippen LogP contribution in [0.4, 0.5) is 10.1 Å². The molecule has 0 saturated carbocycles. The van der Waals surface area contributed by atoms with Gasteiger partial charge in [-0.15, -0.1) is 0 Å². The third kappa shape index (κ3) is 4.11. The molecule has 6 heteroatoms. The largest absolute Gasteiger partial charge is 0.497 e. The molecule has 0 radical (unpaired) electrons. The summed E-state index contributed by atoms with van der Waals surface area (Å²) < 4.78 is 23.9. The van der Waals surface area contributed by atoms with Crippen LogP contribution in [-0.2, 0) is 4.79 Å². The van der Waals surface area contributed by atoms with Gasteiger partial charge in [0.25, 0.3) is 5.91 Å². The quantitative estimate of drug-likeness (QED) is 0.675. The van der Waals surface area contributed by atoms with Gasteiger partial charge in [-0.05, 0) is 35.9 Å². The van der Waals surface area contributed by atoms with Crippen LogP contribution in [-0.4, -0.2) is 20.1 Å². The first-order chi connectivity index (χ1) is 11.6. The van der Waals surface area contributed by atoms with E-state index < -0.39 is 11.7 Å². The van der Waals surface area contributed by atoms with E-state index in [0.717, 1.165) is 0 Å². The van der Waals surface area contributed by atoms with Crippen molar-refractivity contribution in [3.05, 3.63) is 59.4 Å². The lowest BCUT2D eigenvalue weighted by Crippen LogP contribution is -2.14. The number of carbonyl (C=O) groups excluding carboxylic acids is 1. The normalized spacial score (nSPS) is 10.7. The van der Waals surface area contributed by atoms with Crippen LogP contribution < -0.4 is 14.8 Å².